The van der Waals surface area contributed by atoms with Crippen LogP contribution in [0.4, 0.5) is 0 Å². The Balaban J connectivity index is 1.56. The Labute approximate surface area is 196 Å². The summed E-state index contributed by atoms with van der Waals surface area (Å²) in [5.74, 6) is 3.26. The Morgan fingerprint density at radius 3 is 1.88 bits per heavy atom. The van der Waals surface area contributed by atoms with Gasteiger partial charge in [0.15, 0.2) is 5.78 Å². The van der Waals surface area contributed by atoms with Crippen molar-refractivity contribution in [1.29, 1.82) is 0 Å². The van der Waals surface area contributed by atoms with Gasteiger partial charge >= 0.3 is 0 Å². The minimum atomic E-state index is -0.175. The van der Waals surface area contributed by atoms with Crippen molar-refractivity contribution >= 4 is 11.6 Å². The zero-order chi connectivity index (χ0) is 23.5. The van der Waals surface area contributed by atoms with Crippen LogP contribution in [0.3, 0.4) is 0 Å². The van der Waals surface area contributed by atoms with Gasteiger partial charge in [0.25, 0.3) is 0 Å². The van der Waals surface area contributed by atoms with Gasteiger partial charge in [0.2, 0.25) is 0 Å². The highest BCUT2D eigenvalue weighted by Crippen LogP contribution is 2.77. The fraction of sp³-hybridized carbons (Fsp3) is 0.867. The lowest BCUT2D eigenvalue weighted by molar-refractivity contribution is -0.235. The van der Waals surface area contributed by atoms with E-state index >= 15 is 0 Å². The zero-order valence-electron chi connectivity index (χ0n) is 22.0. The van der Waals surface area contributed by atoms with Gasteiger partial charge in [-0.05, 0) is 110 Å². The van der Waals surface area contributed by atoms with Crippen molar-refractivity contribution in [3.8, 4) is 0 Å². The Hall–Kier alpha value is -0.920. The summed E-state index contributed by atoms with van der Waals surface area (Å²) in [7, 11) is 0. The number of Topliss-reactive ketones (excluding diaryl/α,β-unsaturated/α-hetero) is 2. The van der Waals surface area contributed by atoms with Crippen molar-refractivity contribution in [2.24, 2.45) is 50.7 Å². The first-order chi connectivity index (χ1) is 14.7. The topological polar surface area (TPSA) is 34.1 Å². The Kier molecular flexibility index (Phi) is 4.71. The molecule has 8 atom stereocenters. The lowest BCUT2D eigenvalue weighted by Crippen LogP contribution is -2.66. The highest BCUT2D eigenvalue weighted by atomic mass is 16.1. The molecule has 5 rings (SSSR count). The summed E-state index contributed by atoms with van der Waals surface area (Å²) in [5.41, 5.74) is 3.27. The molecule has 0 saturated heterocycles. The maximum absolute atomic E-state index is 13.2. The van der Waals surface area contributed by atoms with Crippen LogP contribution in [0.25, 0.3) is 0 Å². The van der Waals surface area contributed by atoms with Gasteiger partial charge in [0.1, 0.15) is 5.78 Å². The van der Waals surface area contributed by atoms with E-state index in [1.54, 1.807) is 0 Å². The van der Waals surface area contributed by atoms with E-state index in [2.05, 4.69) is 55.4 Å². The number of carbonyl (C=O) groups excluding carboxylic acids is 2. The summed E-state index contributed by atoms with van der Waals surface area (Å²) in [5, 5.41) is 0. The molecule has 0 aromatic rings. The van der Waals surface area contributed by atoms with Crippen molar-refractivity contribution in [2.75, 3.05) is 0 Å². The second-order valence-electron chi connectivity index (χ2n) is 14.4. The predicted molar refractivity (Wildman–Crippen MR) is 130 cm³/mol. The fourth-order valence-electron chi connectivity index (χ4n) is 11.3. The molecule has 5 fully saturated rings. The molecule has 0 aromatic heterocycles. The first-order valence-corrected chi connectivity index (χ1v) is 13.5. The SMILES string of the molecule is CC(C)=C1C(=O)C[C@@]2(C)[C@@H]1CC[C@]1(C)[C@H]2CC[C@H]2[C@@]3(C)CCC(=O)C(C)(C)[C@@H]3CC[C@]21C. The van der Waals surface area contributed by atoms with E-state index in [4.69, 9.17) is 0 Å². The van der Waals surface area contributed by atoms with E-state index in [-0.39, 0.29) is 21.7 Å². The monoisotopic (exact) mass is 438 g/mol. The fourth-order valence-corrected chi connectivity index (χ4v) is 11.3. The summed E-state index contributed by atoms with van der Waals surface area (Å²) in [4.78, 5) is 26.1. The summed E-state index contributed by atoms with van der Waals surface area (Å²) < 4.78 is 0. The van der Waals surface area contributed by atoms with Crippen LogP contribution in [0.5, 0.6) is 0 Å². The zero-order valence-corrected chi connectivity index (χ0v) is 22.0. The van der Waals surface area contributed by atoms with Crippen LogP contribution in [0.1, 0.15) is 113 Å². The van der Waals surface area contributed by atoms with Gasteiger partial charge < -0.3 is 0 Å². The maximum atomic E-state index is 13.2. The third kappa shape index (κ3) is 2.48. The normalized spacial score (nSPS) is 52.1. The minimum Gasteiger partial charge on any atom is -0.299 e. The van der Waals surface area contributed by atoms with Crippen LogP contribution in [0.2, 0.25) is 0 Å². The molecular formula is C30H46O2. The molecule has 0 spiro atoms. The smallest absolute Gasteiger partial charge is 0.159 e. The van der Waals surface area contributed by atoms with E-state index in [9.17, 15) is 9.59 Å². The third-order valence-electron chi connectivity index (χ3n) is 12.9. The quantitative estimate of drug-likeness (QED) is 0.366. The van der Waals surface area contributed by atoms with Gasteiger partial charge in [0.05, 0.1) is 0 Å². The minimum absolute atomic E-state index is 0.129. The summed E-state index contributed by atoms with van der Waals surface area (Å²) in [6, 6.07) is 0. The predicted octanol–water partition coefficient (Wildman–Crippen LogP) is 7.56. The largest absolute Gasteiger partial charge is 0.299 e. The molecule has 32 heavy (non-hydrogen) atoms. The molecule has 0 aliphatic heterocycles. The third-order valence-corrected chi connectivity index (χ3v) is 12.9. The van der Waals surface area contributed by atoms with Gasteiger partial charge in [-0.1, -0.05) is 47.1 Å². The summed E-state index contributed by atoms with van der Waals surface area (Å²) in [6.07, 6.45) is 10.1. The Bertz CT molecular complexity index is 906. The van der Waals surface area contributed by atoms with Gasteiger partial charge in [-0.25, -0.2) is 0 Å². The Morgan fingerprint density at radius 1 is 0.719 bits per heavy atom. The maximum Gasteiger partial charge on any atom is 0.159 e. The van der Waals surface area contributed by atoms with Gasteiger partial charge in [-0.2, -0.15) is 0 Å². The second-order valence-corrected chi connectivity index (χ2v) is 14.4. The van der Waals surface area contributed by atoms with Crippen molar-refractivity contribution < 1.29 is 9.59 Å². The standard InChI is InChI=1S/C30H46O2/c1-18(2)25-19-11-15-29(7)23(28(19,6)17-20(25)31)10-9-22-27(5)14-13-24(32)26(3,4)21(27)12-16-30(22,29)8/h19,21-23H,9-17H2,1-8H3/t19-,21+,22+,23+,27+,28+,29-,30-/m1/s1. The lowest BCUT2D eigenvalue weighted by Gasteiger charge is -2.72. The molecule has 178 valence electrons. The molecule has 5 aliphatic rings. The number of carbonyl (C=O) groups is 2. The van der Waals surface area contributed by atoms with E-state index in [0.717, 1.165) is 19.3 Å². The first-order valence-electron chi connectivity index (χ1n) is 13.5. The van der Waals surface area contributed by atoms with Crippen molar-refractivity contribution in [1.82, 2.24) is 0 Å². The number of hydrogen-bond acceptors (Lipinski definition) is 2. The Morgan fingerprint density at radius 2 is 1.28 bits per heavy atom. The van der Waals surface area contributed by atoms with Crippen molar-refractivity contribution in [2.45, 2.75) is 113 Å². The van der Waals surface area contributed by atoms with Crippen LogP contribution in [-0.2, 0) is 9.59 Å². The van der Waals surface area contributed by atoms with Crippen LogP contribution >= 0.6 is 0 Å². The van der Waals surface area contributed by atoms with Gasteiger partial charge in [-0.3, -0.25) is 9.59 Å². The van der Waals surface area contributed by atoms with Gasteiger partial charge in [0, 0.05) is 18.3 Å². The van der Waals surface area contributed by atoms with E-state index in [1.807, 2.05) is 0 Å². The average molecular weight is 439 g/mol. The molecule has 0 heterocycles. The lowest BCUT2D eigenvalue weighted by atomic mass is 9.32. The summed E-state index contributed by atoms with van der Waals surface area (Å²) >= 11 is 0. The van der Waals surface area contributed by atoms with E-state index in [0.29, 0.717) is 40.7 Å². The molecule has 2 heteroatoms. The molecule has 5 aliphatic carbocycles. The number of hydrogen-bond donors (Lipinski definition) is 0. The molecule has 0 unspecified atom stereocenters. The highest BCUT2D eigenvalue weighted by molar-refractivity contribution is 5.99. The highest BCUT2D eigenvalue weighted by Gasteiger charge is 2.71. The van der Waals surface area contributed by atoms with Crippen molar-refractivity contribution in [3.63, 3.8) is 0 Å². The molecule has 5 saturated carbocycles. The van der Waals surface area contributed by atoms with Gasteiger partial charge in [-0.15, -0.1) is 0 Å². The van der Waals surface area contributed by atoms with Crippen molar-refractivity contribution in [3.05, 3.63) is 11.1 Å². The number of allylic oxidation sites excluding steroid dienone is 2. The van der Waals surface area contributed by atoms with Crippen LogP contribution < -0.4 is 0 Å². The molecule has 0 aromatic carbocycles. The first kappa shape index (κ1) is 22.9. The van der Waals surface area contributed by atoms with Crippen LogP contribution in [0, 0.1) is 50.7 Å². The van der Waals surface area contributed by atoms with E-state index in [1.165, 1.54) is 49.7 Å². The molecule has 0 N–H and O–H groups in total. The van der Waals surface area contributed by atoms with Crippen LogP contribution in [-0.4, -0.2) is 11.6 Å². The average Bonchev–Trinajstić information content (AvgIpc) is 2.96. The molecule has 0 radical (unpaired) electrons. The number of rotatable bonds is 0. The second kappa shape index (κ2) is 6.60. The number of ketones is 2. The molecular weight excluding hydrogens is 392 g/mol. The van der Waals surface area contributed by atoms with E-state index < -0.39 is 0 Å². The van der Waals surface area contributed by atoms with Crippen LogP contribution in [0.15, 0.2) is 11.1 Å². The molecule has 0 bridgehead atoms. The summed E-state index contributed by atoms with van der Waals surface area (Å²) in [6.45, 7) is 19.1. The molecule has 0 amide bonds. The number of fused-ring (bicyclic) bond motifs is 7. The molecule has 2 nitrogen and oxygen atoms in total.